The zero-order valence-corrected chi connectivity index (χ0v) is 22.8. The van der Waals surface area contributed by atoms with E-state index in [2.05, 4.69) is 0 Å². The zero-order chi connectivity index (χ0) is 30.5. The number of carbonyl (C=O) groups is 1. The summed E-state index contributed by atoms with van der Waals surface area (Å²) in [5.41, 5.74) is -0.911. The first kappa shape index (κ1) is 30.4. The number of benzene rings is 2. The molecule has 3 aliphatic heterocycles. The fourth-order valence-electron chi connectivity index (χ4n) is 5.28. The molecule has 9 atom stereocenters. The molecule has 8 N–H and O–H groups in total. The van der Waals surface area contributed by atoms with E-state index in [9.17, 15) is 45.6 Å². The Balaban J connectivity index is 1.37. The second-order valence-electron chi connectivity index (χ2n) is 10.8. The van der Waals surface area contributed by atoms with Crippen molar-refractivity contribution in [3.05, 3.63) is 46.5 Å². The molecule has 0 aliphatic carbocycles. The summed E-state index contributed by atoms with van der Waals surface area (Å²) in [4.78, 5) is 13.1. The number of phenols is 2. The van der Waals surface area contributed by atoms with E-state index in [0.717, 1.165) is 0 Å². The number of phenolic OH excluding ortho intramolecular Hbond substituents is 2. The van der Waals surface area contributed by atoms with E-state index >= 15 is 0 Å². The van der Waals surface area contributed by atoms with E-state index in [1.54, 1.807) is 19.1 Å². The number of hydrogen-bond acceptors (Lipinski definition) is 14. The molecule has 0 amide bonds. The molecule has 5 rings (SSSR count). The summed E-state index contributed by atoms with van der Waals surface area (Å²) in [5.74, 6) is -0.674. The van der Waals surface area contributed by atoms with Crippen molar-refractivity contribution in [1.29, 1.82) is 0 Å². The first-order chi connectivity index (χ1) is 19.9. The third-order valence-corrected chi connectivity index (χ3v) is 7.92. The summed E-state index contributed by atoms with van der Waals surface area (Å²) < 4.78 is 28.3. The molecule has 3 heterocycles. The number of Topliss-reactive ketones (excluding diaryl/α,β-unsaturated/α-hetero) is 1. The molecule has 0 saturated carbocycles. The largest absolute Gasteiger partial charge is 0.508 e. The van der Waals surface area contributed by atoms with E-state index in [1.807, 2.05) is 0 Å². The van der Waals surface area contributed by atoms with Gasteiger partial charge in [-0.15, -0.1) is 0 Å². The Morgan fingerprint density at radius 3 is 2.31 bits per heavy atom. The molecule has 230 valence electrons. The number of hydrogen-bond donors (Lipinski definition) is 8. The number of aliphatic hydroxyl groups excluding tert-OH is 5. The second-order valence-corrected chi connectivity index (χ2v) is 10.8. The monoisotopic (exact) mass is 594 g/mol. The molecular weight excluding hydrogens is 560 g/mol. The highest BCUT2D eigenvalue weighted by Gasteiger charge is 2.50. The van der Waals surface area contributed by atoms with Crippen molar-refractivity contribution in [1.82, 2.24) is 0 Å². The Hall–Kier alpha value is -3.05. The average molecular weight is 595 g/mol. The Morgan fingerprint density at radius 2 is 1.67 bits per heavy atom. The maximum absolute atomic E-state index is 13.1. The number of ether oxygens (including phenoxy) is 5. The summed E-state index contributed by atoms with van der Waals surface area (Å²) in [5, 5.41) is 81.9. The van der Waals surface area contributed by atoms with Crippen LogP contribution in [0.5, 0.6) is 23.0 Å². The predicted molar refractivity (Wildman–Crippen MR) is 139 cm³/mol. The van der Waals surface area contributed by atoms with Gasteiger partial charge in [0.2, 0.25) is 6.29 Å². The van der Waals surface area contributed by atoms with E-state index in [-0.39, 0.29) is 40.6 Å². The minimum Gasteiger partial charge on any atom is -0.508 e. The number of aromatic hydroxyl groups is 2. The van der Waals surface area contributed by atoms with Gasteiger partial charge in [-0.05, 0) is 31.5 Å². The fourth-order valence-corrected chi connectivity index (χ4v) is 5.28. The first-order valence-electron chi connectivity index (χ1n) is 13.3. The van der Waals surface area contributed by atoms with Gasteiger partial charge in [0.05, 0.1) is 26.2 Å². The third kappa shape index (κ3) is 5.30. The zero-order valence-electron chi connectivity index (χ0n) is 22.8. The maximum Gasteiger partial charge on any atom is 0.229 e. The molecule has 2 aromatic carbocycles. The Labute approximate surface area is 239 Å². The molecule has 14 heteroatoms. The lowest BCUT2D eigenvalue weighted by Crippen LogP contribution is -2.60. The topological polar surface area (TPSA) is 225 Å². The van der Waals surface area contributed by atoms with Crippen molar-refractivity contribution >= 4 is 5.78 Å². The van der Waals surface area contributed by atoms with Crippen LogP contribution in [0.3, 0.4) is 0 Å². The lowest BCUT2D eigenvalue weighted by atomic mass is 9.91. The van der Waals surface area contributed by atoms with Gasteiger partial charge >= 0.3 is 0 Å². The van der Waals surface area contributed by atoms with Gasteiger partial charge in [-0.2, -0.15) is 0 Å². The maximum atomic E-state index is 13.1. The van der Waals surface area contributed by atoms with Gasteiger partial charge in [-0.1, -0.05) is 12.1 Å². The molecule has 2 saturated heterocycles. The molecule has 0 spiro atoms. The van der Waals surface area contributed by atoms with Crippen LogP contribution in [0, 0.1) is 13.8 Å². The average Bonchev–Trinajstić information content (AvgIpc) is 3.26. The third-order valence-electron chi connectivity index (χ3n) is 7.92. The summed E-state index contributed by atoms with van der Waals surface area (Å²) >= 11 is 0. The Bertz CT molecular complexity index is 1310. The SMILES string of the molecule is Cc1c(O)c2c(c(C)c1OC1OC(COC3OCC(O)(CO)C3O)C(O)C(O)C1O)OC(c1ccc(O)cc1)CC2=O. The minimum absolute atomic E-state index is 0.000252. The lowest BCUT2D eigenvalue weighted by molar-refractivity contribution is -0.289. The lowest BCUT2D eigenvalue weighted by Gasteiger charge is -2.41. The molecule has 2 aromatic rings. The van der Waals surface area contributed by atoms with Crippen molar-refractivity contribution in [3.63, 3.8) is 0 Å². The van der Waals surface area contributed by atoms with Gasteiger partial charge in [-0.3, -0.25) is 4.79 Å². The van der Waals surface area contributed by atoms with Crippen molar-refractivity contribution in [3.8, 4) is 23.0 Å². The van der Waals surface area contributed by atoms with Gasteiger partial charge < -0.3 is 64.5 Å². The number of fused-ring (bicyclic) bond motifs is 1. The molecule has 9 unspecified atom stereocenters. The van der Waals surface area contributed by atoms with Crippen molar-refractivity contribution in [2.24, 2.45) is 0 Å². The van der Waals surface area contributed by atoms with Crippen LogP contribution >= 0.6 is 0 Å². The van der Waals surface area contributed by atoms with Crippen LogP contribution < -0.4 is 9.47 Å². The Kier molecular flexibility index (Phi) is 8.37. The number of ketones is 1. The van der Waals surface area contributed by atoms with E-state index in [4.69, 9.17) is 23.7 Å². The smallest absolute Gasteiger partial charge is 0.229 e. The minimum atomic E-state index is -1.94. The summed E-state index contributed by atoms with van der Waals surface area (Å²) in [6.45, 7) is 1.39. The molecule has 0 radical (unpaired) electrons. The van der Waals surface area contributed by atoms with Crippen LogP contribution in [-0.2, 0) is 14.2 Å². The summed E-state index contributed by atoms with van der Waals surface area (Å²) in [6, 6.07) is 6.14. The van der Waals surface area contributed by atoms with Crippen molar-refractivity contribution in [2.75, 3.05) is 19.8 Å². The van der Waals surface area contributed by atoms with Crippen LogP contribution in [0.15, 0.2) is 24.3 Å². The molecular formula is C28H34O14. The van der Waals surface area contributed by atoms with Crippen LogP contribution in [0.25, 0.3) is 0 Å². The number of carbonyl (C=O) groups excluding carboxylic acids is 1. The molecule has 3 aliphatic rings. The van der Waals surface area contributed by atoms with Crippen LogP contribution in [0.4, 0.5) is 0 Å². The summed E-state index contributed by atoms with van der Waals surface area (Å²) in [7, 11) is 0. The first-order valence-corrected chi connectivity index (χ1v) is 13.3. The van der Waals surface area contributed by atoms with Gasteiger partial charge in [0.25, 0.3) is 0 Å². The van der Waals surface area contributed by atoms with Crippen molar-refractivity contribution < 1.29 is 69.3 Å². The van der Waals surface area contributed by atoms with E-state index in [1.165, 1.54) is 19.1 Å². The van der Waals surface area contributed by atoms with Crippen molar-refractivity contribution in [2.45, 2.75) is 75.1 Å². The number of rotatable bonds is 7. The van der Waals surface area contributed by atoms with Gasteiger partial charge in [0.15, 0.2) is 12.1 Å². The molecule has 42 heavy (non-hydrogen) atoms. The summed E-state index contributed by atoms with van der Waals surface area (Å²) in [6.07, 6.45) is -11.8. The molecule has 0 bridgehead atoms. The second kappa shape index (κ2) is 11.6. The van der Waals surface area contributed by atoms with Gasteiger partial charge in [0, 0.05) is 11.1 Å². The molecule has 0 aromatic heterocycles. The van der Waals surface area contributed by atoms with Crippen LogP contribution in [0.1, 0.15) is 39.6 Å². The van der Waals surface area contributed by atoms with Crippen LogP contribution in [0.2, 0.25) is 0 Å². The highest BCUT2D eigenvalue weighted by Crippen LogP contribution is 2.48. The normalized spacial score (nSPS) is 34.6. The van der Waals surface area contributed by atoms with Gasteiger partial charge in [-0.25, -0.2) is 0 Å². The highest BCUT2D eigenvalue weighted by molar-refractivity contribution is 6.03. The highest BCUT2D eigenvalue weighted by atomic mass is 16.7. The van der Waals surface area contributed by atoms with Crippen LogP contribution in [-0.4, -0.2) is 115 Å². The number of aliphatic hydroxyl groups is 6. The van der Waals surface area contributed by atoms with Gasteiger partial charge in [0.1, 0.15) is 70.8 Å². The fraction of sp³-hybridized carbons (Fsp3) is 0.536. The molecule has 14 nitrogen and oxygen atoms in total. The predicted octanol–water partition coefficient (Wildman–Crippen LogP) is -0.935. The van der Waals surface area contributed by atoms with E-state index < -0.39 is 80.4 Å². The quantitative estimate of drug-likeness (QED) is 0.194. The standard InChI is InChI=1S/C28H34O14/c1-11-19(32)18-15(31)7-16(13-3-5-14(30)6-4-13)40-24(18)12(2)23(11)42-26-22(35)21(34)20(33)17(41-26)8-38-27-25(36)28(37,9-29)10-39-27/h3-6,16-17,20-22,25-27,29-30,32-37H,7-10H2,1-2H3. The molecule has 2 fully saturated rings. The van der Waals surface area contributed by atoms with E-state index in [0.29, 0.717) is 11.1 Å². The Morgan fingerprint density at radius 1 is 0.976 bits per heavy atom.